The number of hydrogen-bond donors (Lipinski definition) is 2. The van der Waals surface area contributed by atoms with E-state index in [1.54, 1.807) is 32.3 Å². The van der Waals surface area contributed by atoms with E-state index in [1.807, 2.05) is 6.92 Å². The number of hydrogen-bond acceptors (Lipinski definition) is 4. The predicted molar refractivity (Wildman–Crippen MR) is 85.7 cm³/mol. The molecule has 6 nitrogen and oxygen atoms in total. The molecule has 0 saturated carbocycles. The average Bonchev–Trinajstić information content (AvgIpc) is 2.40. The number of nitrogens with zero attached hydrogens (tertiary/aromatic N) is 2. The van der Waals surface area contributed by atoms with E-state index in [9.17, 15) is 9.59 Å². The van der Waals surface area contributed by atoms with Crippen LogP contribution in [0.2, 0.25) is 0 Å². The molecule has 0 aromatic carbocycles. The van der Waals surface area contributed by atoms with Crippen molar-refractivity contribution < 1.29 is 9.59 Å². The van der Waals surface area contributed by atoms with Gasteiger partial charge in [-0.25, -0.2) is 4.98 Å². The Morgan fingerprint density at radius 3 is 2.67 bits per heavy atom. The Morgan fingerprint density at radius 1 is 1.48 bits per heavy atom. The van der Waals surface area contributed by atoms with Crippen molar-refractivity contribution in [3.63, 3.8) is 0 Å². The zero-order chi connectivity index (χ0) is 16.0. The van der Waals surface area contributed by atoms with Gasteiger partial charge in [0.05, 0.1) is 12.1 Å². The summed E-state index contributed by atoms with van der Waals surface area (Å²) in [6, 6.07) is 3.45. The van der Waals surface area contributed by atoms with Crippen molar-refractivity contribution >= 4 is 33.6 Å². The number of pyridine rings is 1. The molecule has 0 aliphatic rings. The van der Waals surface area contributed by atoms with E-state index in [1.165, 1.54) is 4.90 Å². The monoisotopic (exact) mass is 356 g/mol. The number of anilines is 1. The third-order valence-corrected chi connectivity index (χ3v) is 3.45. The number of amides is 2. The number of carbonyl (C=O) groups excluding carboxylic acids is 2. The fourth-order valence-corrected chi connectivity index (χ4v) is 2.22. The van der Waals surface area contributed by atoms with Crippen molar-refractivity contribution in [1.29, 1.82) is 0 Å². The lowest BCUT2D eigenvalue weighted by Gasteiger charge is -2.28. The van der Waals surface area contributed by atoms with Gasteiger partial charge in [-0.05, 0) is 41.4 Å². The highest BCUT2D eigenvalue weighted by molar-refractivity contribution is 9.10. The molecule has 7 heteroatoms. The number of halogens is 1. The quantitative estimate of drug-likeness (QED) is 0.812. The van der Waals surface area contributed by atoms with Crippen molar-refractivity contribution in [3.05, 3.63) is 22.8 Å². The lowest BCUT2D eigenvalue weighted by Crippen LogP contribution is -2.53. The second-order valence-electron chi connectivity index (χ2n) is 5.24. The Labute approximate surface area is 133 Å². The SMILES string of the molecule is CCCC(C)(N)C(=O)N(C)CC(=O)Nc1ccc(Br)cn1. The molecule has 21 heavy (non-hydrogen) atoms. The molecular formula is C14H21BrN4O2. The summed E-state index contributed by atoms with van der Waals surface area (Å²) < 4.78 is 0.825. The summed E-state index contributed by atoms with van der Waals surface area (Å²) in [4.78, 5) is 29.5. The van der Waals surface area contributed by atoms with Crippen LogP contribution < -0.4 is 11.1 Å². The second-order valence-corrected chi connectivity index (χ2v) is 6.15. The summed E-state index contributed by atoms with van der Waals surface area (Å²) in [7, 11) is 1.57. The molecule has 0 bridgehead atoms. The van der Waals surface area contributed by atoms with E-state index in [0.717, 1.165) is 10.9 Å². The molecule has 1 atom stereocenters. The first kappa shape index (κ1) is 17.6. The number of rotatable bonds is 6. The maximum atomic E-state index is 12.2. The van der Waals surface area contributed by atoms with Crippen LogP contribution >= 0.6 is 15.9 Å². The molecule has 0 saturated heterocycles. The lowest BCUT2D eigenvalue weighted by atomic mass is 9.96. The van der Waals surface area contributed by atoms with Gasteiger partial charge in [0.15, 0.2) is 0 Å². The van der Waals surface area contributed by atoms with Crippen molar-refractivity contribution in [3.8, 4) is 0 Å². The van der Waals surface area contributed by atoms with E-state index >= 15 is 0 Å². The predicted octanol–water partition coefficient (Wildman–Crippen LogP) is 1.76. The van der Waals surface area contributed by atoms with Gasteiger partial charge in [-0.15, -0.1) is 0 Å². The van der Waals surface area contributed by atoms with Gasteiger partial charge in [0, 0.05) is 17.7 Å². The van der Waals surface area contributed by atoms with Gasteiger partial charge in [-0.1, -0.05) is 13.3 Å². The van der Waals surface area contributed by atoms with Crippen LogP contribution in [0.1, 0.15) is 26.7 Å². The minimum absolute atomic E-state index is 0.0624. The summed E-state index contributed by atoms with van der Waals surface area (Å²) in [5, 5.41) is 2.63. The van der Waals surface area contributed by atoms with Crippen LogP contribution in [0.25, 0.3) is 0 Å². The molecule has 0 aliphatic heterocycles. The van der Waals surface area contributed by atoms with Gasteiger partial charge < -0.3 is 16.0 Å². The summed E-state index contributed by atoms with van der Waals surface area (Å²) in [5.41, 5.74) is 5.03. The minimum atomic E-state index is -0.945. The standard InChI is InChI=1S/C14H21BrN4O2/c1-4-7-14(2,16)13(21)19(3)9-12(20)18-11-6-5-10(15)8-17-11/h5-6,8H,4,7,9,16H2,1-3H3,(H,17,18,20). The Morgan fingerprint density at radius 2 is 2.14 bits per heavy atom. The number of aromatic nitrogens is 1. The summed E-state index contributed by atoms with van der Waals surface area (Å²) in [6.07, 6.45) is 2.97. The largest absolute Gasteiger partial charge is 0.335 e. The molecule has 1 aromatic heterocycles. The van der Waals surface area contributed by atoms with E-state index in [-0.39, 0.29) is 18.4 Å². The molecule has 1 aromatic rings. The summed E-state index contributed by atoms with van der Waals surface area (Å²) in [6.45, 7) is 3.58. The van der Waals surface area contributed by atoms with Crippen LogP contribution in [-0.4, -0.2) is 40.8 Å². The Bertz CT molecular complexity index is 502. The van der Waals surface area contributed by atoms with Crippen LogP contribution in [0, 0.1) is 0 Å². The van der Waals surface area contributed by atoms with E-state index < -0.39 is 5.54 Å². The average molecular weight is 357 g/mol. The summed E-state index contributed by atoms with van der Waals surface area (Å²) in [5.74, 6) is -0.121. The fourth-order valence-electron chi connectivity index (χ4n) is 1.98. The lowest BCUT2D eigenvalue weighted by molar-refractivity contribution is -0.137. The second kappa shape index (κ2) is 7.51. The van der Waals surface area contributed by atoms with Gasteiger partial charge >= 0.3 is 0 Å². The molecule has 0 spiro atoms. The first-order chi connectivity index (χ1) is 9.76. The van der Waals surface area contributed by atoms with Crippen molar-refractivity contribution in [2.75, 3.05) is 18.9 Å². The minimum Gasteiger partial charge on any atom is -0.335 e. The number of carbonyl (C=O) groups is 2. The molecule has 0 radical (unpaired) electrons. The normalized spacial score (nSPS) is 13.4. The molecule has 1 rings (SSSR count). The van der Waals surface area contributed by atoms with E-state index in [2.05, 4.69) is 26.2 Å². The zero-order valence-corrected chi connectivity index (χ0v) is 14.1. The third kappa shape index (κ3) is 5.43. The molecule has 0 aliphatic carbocycles. The van der Waals surface area contributed by atoms with Crippen LogP contribution in [-0.2, 0) is 9.59 Å². The molecule has 1 heterocycles. The smallest absolute Gasteiger partial charge is 0.245 e. The van der Waals surface area contributed by atoms with E-state index in [0.29, 0.717) is 12.2 Å². The van der Waals surface area contributed by atoms with Crippen molar-refractivity contribution in [1.82, 2.24) is 9.88 Å². The molecule has 3 N–H and O–H groups in total. The molecular weight excluding hydrogens is 336 g/mol. The van der Waals surface area contributed by atoms with Crippen LogP contribution in [0.15, 0.2) is 22.8 Å². The topological polar surface area (TPSA) is 88.3 Å². The van der Waals surface area contributed by atoms with Crippen molar-refractivity contribution in [2.24, 2.45) is 5.73 Å². The van der Waals surface area contributed by atoms with Gasteiger partial charge in [0.2, 0.25) is 11.8 Å². The Balaban J connectivity index is 2.57. The molecule has 116 valence electrons. The van der Waals surface area contributed by atoms with Gasteiger partial charge in [-0.2, -0.15) is 0 Å². The number of nitrogens with two attached hydrogens (primary N) is 1. The van der Waals surface area contributed by atoms with Gasteiger partial charge in [0.25, 0.3) is 0 Å². The van der Waals surface area contributed by atoms with Crippen molar-refractivity contribution in [2.45, 2.75) is 32.2 Å². The third-order valence-electron chi connectivity index (χ3n) is 2.98. The van der Waals surface area contributed by atoms with Gasteiger partial charge in [0.1, 0.15) is 5.82 Å². The zero-order valence-electron chi connectivity index (χ0n) is 12.5. The highest BCUT2D eigenvalue weighted by Crippen LogP contribution is 2.13. The highest BCUT2D eigenvalue weighted by Gasteiger charge is 2.30. The maximum Gasteiger partial charge on any atom is 0.245 e. The Kier molecular flexibility index (Phi) is 6.29. The van der Waals surface area contributed by atoms with E-state index in [4.69, 9.17) is 5.73 Å². The van der Waals surface area contributed by atoms with Crippen LogP contribution in [0.5, 0.6) is 0 Å². The fraction of sp³-hybridized carbons (Fsp3) is 0.500. The maximum absolute atomic E-state index is 12.2. The van der Waals surface area contributed by atoms with Gasteiger partial charge in [-0.3, -0.25) is 9.59 Å². The number of nitrogens with one attached hydrogen (secondary N) is 1. The Hall–Kier alpha value is -1.47. The first-order valence-electron chi connectivity index (χ1n) is 6.72. The molecule has 0 fully saturated rings. The van der Waals surface area contributed by atoms with Crippen LogP contribution in [0.4, 0.5) is 5.82 Å². The van der Waals surface area contributed by atoms with Crippen LogP contribution in [0.3, 0.4) is 0 Å². The first-order valence-corrected chi connectivity index (χ1v) is 7.51. The highest BCUT2D eigenvalue weighted by atomic mass is 79.9. The summed E-state index contributed by atoms with van der Waals surface area (Å²) >= 11 is 3.27. The molecule has 2 amide bonds. The molecule has 1 unspecified atom stereocenters. The number of likely N-dealkylation sites (N-methyl/N-ethyl adjacent to an activating group) is 1.